The van der Waals surface area contributed by atoms with Gasteiger partial charge < -0.3 is 5.32 Å². The Morgan fingerprint density at radius 1 is 0.783 bits per heavy atom. The van der Waals surface area contributed by atoms with E-state index in [1.54, 1.807) is 0 Å². The van der Waals surface area contributed by atoms with Crippen molar-refractivity contribution < 1.29 is 0 Å². The van der Waals surface area contributed by atoms with Crippen molar-refractivity contribution in [1.29, 1.82) is 5.26 Å². The molecule has 0 saturated heterocycles. The van der Waals surface area contributed by atoms with Crippen LogP contribution in [0.1, 0.15) is 5.56 Å². The maximum Gasteiger partial charge on any atom is 0.0992 e. The second kappa shape index (κ2) is 5.43. The van der Waals surface area contributed by atoms with E-state index in [0.29, 0.717) is 5.56 Å². The molecular weight excluding hydrogens is 282 g/mol. The Hall–Kier alpha value is -3.38. The van der Waals surface area contributed by atoms with Gasteiger partial charge >= 0.3 is 0 Å². The van der Waals surface area contributed by atoms with E-state index in [2.05, 4.69) is 17.5 Å². The van der Waals surface area contributed by atoms with Gasteiger partial charge in [0.2, 0.25) is 0 Å². The SMILES string of the molecule is N#Cc1ccc2c(Nc3ccccc3)c3ccccc3nc2c1. The summed E-state index contributed by atoms with van der Waals surface area (Å²) in [6, 6.07) is 25.9. The number of fused-ring (bicyclic) bond motifs is 2. The lowest BCUT2D eigenvalue weighted by molar-refractivity contribution is 1.45. The fraction of sp³-hybridized carbons (Fsp3) is 0. The standard InChI is InChI=1S/C20H13N3/c21-13-14-10-11-17-19(12-14)23-18-9-5-4-8-16(18)20(17)22-15-6-2-1-3-7-15/h1-12H,(H,22,23). The number of hydrogen-bond acceptors (Lipinski definition) is 3. The molecule has 3 nitrogen and oxygen atoms in total. The molecular formula is C20H13N3. The van der Waals surface area contributed by atoms with Crippen molar-refractivity contribution in [2.45, 2.75) is 0 Å². The zero-order valence-electron chi connectivity index (χ0n) is 12.3. The van der Waals surface area contributed by atoms with Gasteiger partial charge in [-0.2, -0.15) is 5.26 Å². The predicted octanol–water partition coefficient (Wildman–Crippen LogP) is 5.00. The van der Waals surface area contributed by atoms with Crippen molar-refractivity contribution in [3.05, 3.63) is 78.4 Å². The molecule has 4 aromatic rings. The van der Waals surface area contributed by atoms with Crippen molar-refractivity contribution in [1.82, 2.24) is 4.98 Å². The number of hydrogen-bond donors (Lipinski definition) is 1. The first-order chi connectivity index (χ1) is 11.3. The molecule has 1 N–H and O–H groups in total. The van der Waals surface area contributed by atoms with E-state index in [0.717, 1.165) is 33.2 Å². The van der Waals surface area contributed by atoms with Gasteiger partial charge in [-0.15, -0.1) is 0 Å². The molecule has 23 heavy (non-hydrogen) atoms. The highest BCUT2D eigenvalue weighted by atomic mass is 14.9. The molecule has 0 fully saturated rings. The average Bonchev–Trinajstić information content (AvgIpc) is 2.62. The second-order valence-corrected chi connectivity index (χ2v) is 5.34. The molecule has 0 aliphatic rings. The molecule has 108 valence electrons. The third-order valence-electron chi connectivity index (χ3n) is 3.85. The molecule has 1 aromatic heterocycles. The quantitative estimate of drug-likeness (QED) is 0.529. The van der Waals surface area contributed by atoms with Gasteiger partial charge in [0, 0.05) is 16.5 Å². The summed E-state index contributed by atoms with van der Waals surface area (Å²) in [7, 11) is 0. The van der Waals surface area contributed by atoms with Crippen LogP contribution in [-0.4, -0.2) is 4.98 Å². The number of rotatable bonds is 2. The second-order valence-electron chi connectivity index (χ2n) is 5.34. The normalized spacial score (nSPS) is 10.6. The van der Waals surface area contributed by atoms with Crippen LogP contribution in [0.5, 0.6) is 0 Å². The highest BCUT2D eigenvalue weighted by molar-refractivity contribution is 6.08. The fourth-order valence-electron chi connectivity index (χ4n) is 2.76. The Labute approximate surface area is 133 Å². The lowest BCUT2D eigenvalue weighted by atomic mass is 10.1. The summed E-state index contributed by atoms with van der Waals surface area (Å²) in [4.78, 5) is 4.70. The number of nitriles is 1. The lowest BCUT2D eigenvalue weighted by Crippen LogP contribution is -1.95. The molecule has 3 heteroatoms. The van der Waals surface area contributed by atoms with Crippen LogP contribution in [0.3, 0.4) is 0 Å². The topological polar surface area (TPSA) is 48.7 Å². The third kappa shape index (κ3) is 2.37. The molecule has 0 aliphatic carbocycles. The van der Waals surface area contributed by atoms with Gasteiger partial charge in [-0.25, -0.2) is 4.98 Å². The smallest absolute Gasteiger partial charge is 0.0992 e. The van der Waals surface area contributed by atoms with Crippen LogP contribution >= 0.6 is 0 Å². The molecule has 1 heterocycles. The van der Waals surface area contributed by atoms with E-state index in [4.69, 9.17) is 10.2 Å². The first kappa shape index (κ1) is 13.3. The molecule has 0 spiro atoms. The van der Waals surface area contributed by atoms with Crippen LogP contribution < -0.4 is 5.32 Å². The maximum atomic E-state index is 9.12. The summed E-state index contributed by atoms with van der Waals surface area (Å²) >= 11 is 0. The summed E-state index contributed by atoms with van der Waals surface area (Å²) in [5.41, 5.74) is 4.39. The van der Waals surface area contributed by atoms with Crippen LogP contribution in [0, 0.1) is 11.3 Å². The lowest BCUT2D eigenvalue weighted by Gasteiger charge is -2.13. The van der Waals surface area contributed by atoms with Crippen LogP contribution in [-0.2, 0) is 0 Å². The minimum atomic E-state index is 0.617. The van der Waals surface area contributed by atoms with Gasteiger partial charge in [0.1, 0.15) is 0 Å². The van der Waals surface area contributed by atoms with Gasteiger partial charge in [-0.3, -0.25) is 0 Å². The highest BCUT2D eigenvalue weighted by Gasteiger charge is 2.09. The third-order valence-corrected chi connectivity index (χ3v) is 3.85. The zero-order valence-corrected chi connectivity index (χ0v) is 12.3. The summed E-state index contributed by atoms with van der Waals surface area (Å²) in [5, 5.41) is 14.7. The molecule has 4 rings (SSSR count). The average molecular weight is 295 g/mol. The molecule has 0 unspecified atom stereocenters. The number of aromatic nitrogens is 1. The number of nitrogens with one attached hydrogen (secondary N) is 1. The molecule has 0 bridgehead atoms. The van der Waals surface area contributed by atoms with Crippen LogP contribution in [0.25, 0.3) is 21.8 Å². The van der Waals surface area contributed by atoms with E-state index in [1.807, 2.05) is 66.7 Å². The minimum Gasteiger partial charge on any atom is -0.354 e. The minimum absolute atomic E-state index is 0.617. The molecule has 0 radical (unpaired) electrons. The fourth-order valence-corrected chi connectivity index (χ4v) is 2.76. The van der Waals surface area contributed by atoms with Gasteiger partial charge in [0.15, 0.2) is 0 Å². The summed E-state index contributed by atoms with van der Waals surface area (Å²) in [6.45, 7) is 0. The first-order valence-electron chi connectivity index (χ1n) is 7.40. The molecule has 0 saturated carbocycles. The predicted molar refractivity (Wildman–Crippen MR) is 93.7 cm³/mol. The number of nitrogens with zero attached hydrogens (tertiary/aromatic N) is 2. The summed E-state index contributed by atoms with van der Waals surface area (Å²) in [5.74, 6) is 0. The molecule has 0 atom stereocenters. The monoisotopic (exact) mass is 295 g/mol. The van der Waals surface area contributed by atoms with E-state index < -0.39 is 0 Å². The van der Waals surface area contributed by atoms with Crippen LogP contribution in [0.4, 0.5) is 11.4 Å². The van der Waals surface area contributed by atoms with Crippen molar-refractivity contribution in [2.75, 3.05) is 5.32 Å². The van der Waals surface area contributed by atoms with Crippen molar-refractivity contribution in [3.63, 3.8) is 0 Å². The van der Waals surface area contributed by atoms with Gasteiger partial charge in [0.25, 0.3) is 0 Å². The van der Waals surface area contributed by atoms with E-state index in [9.17, 15) is 0 Å². The van der Waals surface area contributed by atoms with E-state index in [-0.39, 0.29) is 0 Å². The van der Waals surface area contributed by atoms with Gasteiger partial charge in [-0.1, -0.05) is 36.4 Å². The Bertz CT molecular complexity index is 1050. The van der Waals surface area contributed by atoms with Crippen molar-refractivity contribution in [2.24, 2.45) is 0 Å². The van der Waals surface area contributed by atoms with Crippen LogP contribution in [0.15, 0.2) is 72.8 Å². The number of benzene rings is 3. The molecule has 0 aliphatic heterocycles. The number of anilines is 2. The first-order valence-corrected chi connectivity index (χ1v) is 7.40. The maximum absolute atomic E-state index is 9.12. The number of para-hydroxylation sites is 2. The Morgan fingerprint density at radius 2 is 1.52 bits per heavy atom. The zero-order chi connectivity index (χ0) is 15.6. The van der Waals surface area contributed by atoms with Crippen LogP contribution in [0.2, 0.25) is 0 Å². The van der Waals surface area contributed by atoms with Crippen molar-refractivity contribution >= 4 is 33.2 Å². The summed E-state index contributed by atoms with van der Waals surface area (Å²) < 4.78 is 0. The Morgan fingerprint density at radius 3 is 2.35 bits per heavy atom. The van der Waals surface area contributed by atoms with Gasteiger partial charge in [0.05, 0.1) is 28.4 Å². The van der Waals surface area contributed by atoms with E-state index in [1.165, 1.54) is 0 Å². The molecule has 0 amide bonds. The van der Waals surface area contributed by atoms with Gasteiger partial charge in [-0.05, 0) is 36.4 Å². The van der Waals surface area contributed by atoms with Crippen molar-refractivity contribution in [3.8, 4) is 6.07 Å². The Balaban J connectivity index is 2.02. The summed E-state index contributed by atoms with van der Waals surface area (Å²) in [6.07, 6.45) is 0. The van der Waals surface area contributed by atoms with E-state index >= 15 is 0 Å². The Kier molecular flexibility index (Phi) is 3.14. The molecule has 3 aromatic carbocycles. The number of pyridine rings is 1. The largest absolute Gasteiger partial charge is 0.354 e. The highest BCUT2D eigenvalue weighted by Crippen LogP contribution is 2.33.